The standard InChI is InChI=1S/C28H45N5O8/c1-15(2)22-19(27(33-32-22)41-28-25(37)24(36)23(35)21(14-34)40-28)13-17-7-8-18(12-16(17)3)39-11-5-10-31-26(38)20(30)6-4-9-29/h7-8,12,15,20-21,23-25,28,34-37H,4-6,9-11,13-14,29-30H2,1-3H3,(H,31,38)(H,32,33)/t20-,21+,23+,24-,25+,28-/m0/s1. The molecule has 230 valence electrons. The Morgan fingerprint density at radius 1 is 1.20 bits per heavy atom. The first-order valence-electron chi connectivity index (χ1n) is 14.1. The third kappa shape index (κ3) is 8.61. The number of hydrogen-bond acceptors (Lipinski definition) is 11. The van der Waals surface area contributed by atoms with Crippen LogP contribution in [0.2, 0.25) is 0 Å². The van der Waals surface area contributed by atoms with Gasteiger partial charge in [-0.05, 0) is 61.9 Å². The number of aromatic amines is 1. The molecule has 1 aromatic heterocycles. The normalized spacial score (nSPS) is 23.4. The second-order valence-electron chi connectivity index (χ2n) is 10.7. The maximum atomic E-state index is 12.0. The smallest absolute Gasteiger partial charge is 0.238 e. The summed E-state index contributed by atoms with van der Waals surface area (Å²) in [5, 5.41) is 50.2. The highest BCUT2D eigenvalue weighted by atomic mass is 16.7. The number of nitrogens with one attached hydrogen (secondary N) is 2. The van der Waals surface area contributed by atoms with Gasteiger partial charge in [0.2, 0.25) is 18.1 Å². The van der Waals surface area contributed by atoms with Crippen molar-refractivity contribution in [1.29, 1.82) is 0 Å². The molecule has 1 saturated heterocycles. The molecule has 0 spiro atoms. The van der Waals surface area contributed by atoms with Crippen molar-refractivity contribution in [3.63, 3.8) is 0 Å². The van der Waals surface area contributed by atoms with Crippen molar-refractivity contribution in [3.8, 4) is 11.6 Å². The van der Waals surface area contributed by atoms with Gasteiger partial charge in [-0.2, -0.15) is 0 Å². The molecule has 13 nitrogen and oxygen atoms in total. The second kappa shape index (κ2) is 15.4. The van der Waals surface area contributed by atoms with Gasteiger partial charge in [0.15, 0.2) is 0 Å². The number of nitrogens with zero attached hydrogens (tertiary/aromatic N) is 1. The van der Waals surface area contributed by atoms with Crippen LogP contribution >= 0.6 is 0 Å². The number of aliphatic hydroxyl groups excluding tert-OH is 4. The number of carbonyl (C=O) groups is 1. The number of amides is 1. The SMILES string of the molecule is Cc1cc(OCCCNC(=O)[C@@H](N)CCCN)ccc1Cc1c(O[C@@H]2O[C@H](CO)[C@@H](O)[C@H](O)[C@H]2O)n[nH]c1C(C)C. The van der Waals surface area contributed by atoms with E-state index in [2.05, 4.69) is 15.5 Å². The number of ether oxygens (including phenoxy) is 3. The van der Waals surface area contributed by atoms with Crippen LogP contribution in [-0.4, -0.2) is 99.6 Å². The van der Waals surface area contributed by atoms with Gasteiger partial charge < -0.3 is 51.4 Å². The Bertz CT molecular complexity index is 1110. The van der Waals surface area contributed by atoms with Crippen molar-refractivity contribution < 1.29 is 39.4 Å². The lowest BCUT2D eigenvalue weighted by atomic mass is 9.96. The van der Waals surface area contributed by atoms with Crippen LogP contribution in [0.3, 0.4) is 0 Å². The highest BCUT2D eigenvalue weighted by Gasteiger charge is 2.45. The minimum atomic E-state index is -1.55. The van der Waals surface area contributed by atoms with E-state index in [0.717, 1.165) is 22.4 Å². The predicted octanol–water partition coefficient (Wildman–Crippen LogP) is -0.438. The van der Waals surface area contributed by atoms with Gasteiger partial charge in [-0.3, -0.25) is 9.89 Å². The Labute approximate surface area is 240 Å². The van der Waals surface area contributed by atoms with Gasteiger partial charge in [-0.1, -0.05) is 19.9 Å². The van der Waals surface area contributed by atoms with E-state index in [-0.39, 0.29) is 17.7 Å². The molecule has 0 aliphatic carbocycles. The highest BCUT2D eigenvalue weighted by molar-refractivity contribution is 5.81. The van der Waals surface area contributed by atoms with E-state index >= 15 is 0 Å². The average Bonchev–Trinajstić information content (AvgIpc) is 3.35. The lowest BCUT2D eigenvalue weighted by Crippen LogP contribution is -2.60. The van der Waals surface area contributed by atoms with Crippen LogP contribution in [0.5, 0.6) is 11.6 Å². The Hall–Kier alpha value is -2.78. The van der Waals surface area contributed by atoms with E-state index in [1.807, 2.05) is 39.0 Å². The zero-order chi connectivity index (χ0) is 30.1. The van der Waals surface area contributed by atoms with E-state index in [1.54, 1.807) is 0 Å². The van der Waals surface area contributed by atoms with Crippen molar-refractivity contribution in [2.45, 2.75) is 89.1 Å². The number of hydrogen-bond donors (Lipinski definition) is 8. The third-order valence-corrected chi connectivity index (χ3v) is 7.14. The zero-order valence-corrected chi connectivity index (χ0v) is 24.0. The molecule has 13 heteroatoms. The van der Waals surface area contributed by atoms with Gasteiger partial charge in [0, 0.05) is 24.2 Å². The summed E-state index contributed by atoms with van der Waals surface area (Å²) >= 11 is 0. The minimum Gasteiger partial charge on any atom is -0.494 e. The molecule has 10 N–H and O–H groups in total. The number of carbonyl (C=O) groups excluding carboxylic acids is 1. The summed E-state index contributed by atoms with van der Waals surface area (Å²) in [7, 11) is 0. The molecule has 2 aromatic rings. The van der Waals surface area contributed by atoms with E-state index in [4.69, 9.17) is 25.7 Å². The Balaban J connectivity index is 1.61. The van der Waals surface area contributed by atoms with Gasteiger partial charge in [-0.15, -0.1) is 5.10 Å². The molecule has 1 aliphatic rings. The number of aryl methyl sites for hydroxylation is 1. The van der Waals surface area contributed by atoms with Crippen LogP contribution in [0.25, 0.3) is 0 Å². The number of nitrogens with two attached hydrogens (primary N) is 2. The lowest BCUT2D eigenvalue weighted by Gasteiger charge is -2.39. The molecule has 41 heavy (non-hydrogen) atoms. The van der Waals surface area contributed by atoms with Crippen molar-refractivity contribution in [3.05, 3.63) is 40.6 Å². The van der Waals surface area contributed by atoms with Crippen LogP contribution < -0.4 is 26.3 Å². The average molecular weight is 580 g/mol. The van der Waals surface area contributed by atoms with Gasteiger partial charge in [0.25, 0.3) is 0 Å². The number of benzene rings is 1. The first-order valence-corrected chi connectivity index (χ1v) is 14.1. The summed E-state index contributed by atoms with van der Waals surface area (Å²) in [5.41, 5.74) is 14.9. The molecule has 0 radical (unpaired) electrons. The van der Waals surface area contributed by atoms with Crippen LogP contribution in [0.4, 0.5) is 0 Å². The van der Waals surface area contributed by atoms with Gasteiger partial charge in [0.1, 0.15) is 30.2 Å². The molecular formula is C28H45N5O8. The van der Waals surface area contributed by atoms with Gasteiger partial charge in [0.05, 0.1) is 19.3 Å². The highest BCUT2D eigenvalue weighted by Crippen LogP contribution is 2.32. The molecule has 1 amide bonds. The summed E-state index contributed by atoms with van der Waals surface area (Å²) in [4.78, 5) is 12.0. The quantitative estimate of drug-likeness (QED) is 0.126. The van der Waals surface area contributed by atoms with Crippen LogP contribution in [-0.2, 0) is 16.0 Å². The lowest BCUT2D eigenvalue weighted by molar-refractivity contribution is -0.278. The molecule has 1 fully saturated rings. The Kier molecular flexibility index (Phi) is 12.3. The van der Waals surface area contributed by atoms with Crippen LogP contribution in [0.1, 0.15) is 61.4 Å². The van der Waals surface area contributed by atoms with Crippen LogP contribution in [0.15, 0.2) is 18.2 Å². The largest absolute Gasteiger partial charge is 0.494 e. The number of aromatic nitrogens is 2. The maximum absolute atomic E-state index is 12.0. The third-order valence-electron chi connectivity index (χ3n) is 7.14. The summed E-state index contributed by atoms with van der Waals surface area (Å²) in [6.07, 6.45) is -4.65. The fraction of sp³-hybridized carbons (Fsp3) is 0.643. The fourth-order valence-electron chi connectivity index (χ4n) is 4.60. The molecule has 2 heterocycles. The molecule has 3 rings (SSSR count). The maximum Gasteiger partial charge on any atom is 0.238 e. The number of rotatable bonds is 15. The summed E-state index contributed by atoms with van der Waals surface area (Å²) in [5.74, 6) is 0.797. The second-order valence-corrected chi connectivity index (χ2v) is 10.7. The summed E-state index contributed by atoms with van der Waals surface area (Å²) in [6.45, 7) is 6.82. The first kappa shape index (κ1) is 32.7. The molecule has 1 aromatic carbocycles. The molecule has 0 bridgehead atoms. The monoisotopic (exact) mass is 579 g/mol. The molecule has 6 atom stereocenters. The van der Waals surface area contributed by atoms with E-state index in [0.29, 0.717) is 51.1 Å². The topological polar surface area (TPSA) is 218 Å². The summed E-state index contributed by atoms with van der Waals surface area (Å²) < 4.78 is 17.3. The Morgan fingerprint density at radius 2 is 1.95 bits per heavy atom. The molecular weight excluding hydrogens is 534 g/mol. The summed E-state index contributed by atoms with van der Waals surface area (Å²) in [6, 6.07) is 5.21. The minimum absolute atomic E-state index is 0.0864. The molecule has 0 unspecified atom stereocenters. The van der Waals surface area contributed by atoms with Crippen molar-refractivity contribution in [1.82, 2.24) is 15.5 Å². The van der Waals surface area contributed by atoms with Crippen molar-refractivity contribution in [2.75, 3.05) is 26.3 Å². The number of H-pyrrole nitrogens is 1. The molecule has 1 aliphatic heterocycles. The number of aliphatic hydroxyl groups is 4. The van der Waals surface area contributed by atoms with Crippen molar-refractivity contribution in [2.24, 2.45) is 11.5 Å². The zero-order valence-electron chi connectivity index (χ0n) is 24.0. The first-order chi connectivity index (χ1) is 19.6. The Morgan fingerprint density at radius 3 is 2.61 bits per heavy atom. The predicted molar refractivity (Wildman–Crippen MR) is 150 cm³/mol. The van der Waals surface area contributed by atoms with E-state index < -0.39 is 43.4 Å². The van der Waals surface area contributed by atoms with E-state index in [9.17, 15) is 25.2 Å². The van der Waals surface area contributed by atoms with Crippen LogP contribution in [0, 0.1) is 6.92 Å². The fourth-order valence-corrected chi connectivity index (χ4v) is 4.60. The van der Waals surface area contributed by atoms with E-state index in [1.165, 1.54) is 0 Å². The van der Waals surface area contributed by atoms with Crippen molar-refractivity contribution >= 4 is 5.91 Å². The molecule has 0 saturated carbocycles. The van der Waals surface area contributed by atoms with Gasteiger partial charge >= 0.3 is 0 Å². The van der Waals surface area contributed by atoms with Gasteiger partial charge in [-0.25, -0.2) is 0 Å².